The summed E-state index contributed by atoms with van der Waals surface area (Å²) < 4.78 is 17.6. The van der Waals surface area contributed by atoms with Gasteiger partial charge < -0.3 is 24.8 Å². The van der Waals surface area contributed by atoms with Crippen LogP contribution in [-0.4, -0.2) is 64.6 Å². The smallest absolute Gasteiger partial charge is 0.348 e. The summed E-state index contributed by atoms with van der Waals surface area (Å²) in [6.07, 6.45) is 0.208. The number of rotatable bonds is 14. The number of esters is 2. The van der Waals surface area contributed by atoms with Crippen molar-refractivity contribution in [2.24, 2.45) is 0 Å². The lowest BCUT2D eigenvalue weighted by Crippen LogP contribution is -2.26. The Hall–Kier alpha value is -4.69. The standard InChI is InChI=1S/C31H33N5O7S2/c1-5-42-29(39)26-19(3)27(30(40)43-6-2)45-28(26)33-25(38)18-44-31-35-34-23(36(31)21-14-10-11-15-22(21)41-4)17-32-24(37)16-20-12-8-7-9-13-20/h7-15H,5-6,16-18H2,1-4H3,(H,32,37)(H,33,38). The van der Waals surface area contributed by atoms with Crippen LogP contribution in [0.1, 0.15) is 50.8 Å². The molecule has 14 heteroatoms. The largest absolute Gasteiger partial charge is 0.495 e. The molecule has 4 rings (SSSR count). The fourth-order valence-corrected chi connectivity index (χ4v) is 6.19. The number of thiophene rings is 1. The van der Waals surface area contributed by atoms with Gasteiger partial charge in [-0.15, -0.1) is 21.5 Å². The van der Waals surface area contributed by atoms with Gasteiger partial charge >= 0.3 is 11.9 Å². The quantitative estimate of drug-likeness (QED) is 0.146. The summed E-state index contributed by atoms with van der Waals surface area (Å²) in [6.45, 7) is 5.32. The Morgan fingerprint density at radius 3 is 2.31 bits per heavy atom. The topological polar surface area (TPSA) is 151 Å². The van der Waals surface area contributed by atoms with Crippen molar-refractivity contribution in [3.63, 3.8) is 0 Å². The van der Waals surface area contributed by atoms with E-state index >= 15 is 0 Å². The van der Waals surface area contributed by atoms with Crippen molar-refractivity contribution in [2.45, 2.75) is 38.9 Å². The minimum absolute atomic E-state index is 0.0808. The van der Waals surface area contributed by atoms with Gasteiger partial charge in [0.25, 0.3) is 0 Å². The molecule has 2 aromatic heterocycles. The number of hydrogen-bond acceptors (Lipinski definition) is 11. The Morgan fingerprint density at radius 1 is 0.911 bits per heavy atom. The maximum Gasteiger partial charge on any atom is 0.348 e. The molecule has 0 fully saturated rings. The van der Waals surface area contributed by atoms with Gasteiger partial charge in [0.15, 0.2) is 11.0 Å². The van der Waals surface area contributed by atoms with Crippen LogP contribution < -0.4 is 15.4 Å². The van der Waals surface area contributed by atoms with E-state index in [0.29, 0.717) is 28.0 Å². The summed E-state index contributed by atoms with van der Waals surface area (Å²) in [7, 11) is 1.54. The van der Waals surface area contributed by atoms with Gasteiger partial charge in [0, 0.05) is 0 Å². The van der Waals surface area contributed by atoms with E-state index in [0.717, 1.165) is 28.7 Å². The molecule has 0 bridgehead atoms. The lowest BCUT2D eigenvalue weighted by molar-refractivity contribution is -0.120. The lowest BCUT2D eigenvalue weighted by atomic mass is 10.1. The molecule has 2 N–H and O–H groups in total. The zero-order valence-corrected chi connectivity index (χ0v) is 26.9. The van der Waals surface area contributed by atoms with Crippen LogP contribution in [0.15, 0.2) is 59.8 Å². The van der Waals surface area contributed by atoms with Crippen LogP contribution in [0.5, 0.6) is 5.75 Å². The highest BCUT2D eigenvalue weighted by atomic mass is 32.2. The molecule has 0 spiro atoms. The Kier molecular flexibility index (Phi) is 11.7. The average molecular weight is 652 g/mol. The van der Waals surface area contributed by atoms with Crippen LogP contribution in [0.2, 0.25) is 0 Å². The first kappa shape index (κ1) is 33.2. The van der Waals surface area contributed by atoms with E-state index in [1.165, 1.54) is 0 Å². The summed E-state index contributed by atoms with van der Waals surface area (Å²) in [4.78, 5) is 51.3. The number of anilines is 1. The van der Waals surface area contributed by atoms with Gasteiger partial charge in [-0.05, 0) is 44.0 Å². The number of amides is 2. The molecule has 2 heterocycles. The molecule has 0 saturated carbocycles. The number of para-hydroxylation sites is 2. The summed E-state index contributed by atoms with van der Waals surface area (Å²) in [6, 6.07) is 16.6. The normalized spacial score (nSPS) is 10.7. The fraction of sp³-hybridized carbons (Fsp3) is 0.290. The number of thioether (sulfide) groups is 1. The maximum atomic E-state index is 13.2. The summed E-state index contributed by atoms with van der Waals surface area (Å²) >= 11 is 2.05. The van der Waals surface area contributed by atoms with E-state index in [9.17, 15) is 19.2 Å². The van der Waals surface area contributed by atoms with E-state index in [2.05, 4.69) is 20.8 Å². The second kappa shape index (κ2) is 15.9. The molecule has 0 atom stereocenters. The monoisotopic (exact) mass is 651 g/mol. The molecule has 0 unspecified atom stereocenters. The molecule has 0 aliphatic heterocycles. The van der Waals surface area contributed by atoms with Gasteiger partial charge in [-0.3, -0.25) is 14.2 Å². The van der Waals surface area contributed by atoms with E-state index in [1.807, 2.05) is 48.5 Å². The van der Waals surface area contributed by atoms with Gasteiger partial charge in [-0.1, -0.05) is 54.2 Å². The van der Waals surface area contributed by atoms with E-state index < -0.39 is 17.8 Å². The van der Waals surface area contributed by atoms with Crippen molar-refractivity contribution in [1.82, 2.24) is 20.1 Å². The number of hydrogen-bond donors (Lipinski definition) is 2. The predicted octanol–water partition coefficient (Wildman–Crippen LogP) is 4.59. The zero-order chi connectivity index (χ0) is 32.3. The molecule has 236 valence electrons. The van der Waals surface area contributed by atoms with Gasteiger partial charge in [-0.25, -0.2) is 9.59 Å². The average Bonchev–Trinajstić information content (AvgIpc) is 3.59. The fourth-order valence-electron chi connectivity index (χ4n) is 4.32. The third-order valence-corrected chi connectivity index (χ3v) is 8.47. The van der Waals surface area contributed by atoms with Crippen molar-refractivity contribution in [3.8, 4) is 11.4 Å². The molecule has 0 saturated heterocycles. The highest BCUT2D eigenvalue weighted by Crippen LogP contribution is 2.35. The van der Waals surface area contributed by atoms with Crippen LogP contribution in [0.3, 0.4) is 0 Å². The first-order valence-electron chi connectivity index (χ1n) is 14.1. The molecule has 4 aromatic rings. The Bertz CT molecular complexity index is 1670. The van der Waals surface area contributed by atoms with Gasteiger partial charge in [0.1, 0.15) is 15.6 Å². The number of ether oxygens (including phenoxy) is 3. The number of carbonyl (C=O) groups excluding carboxylic acids is 4. The molecular weight excluding hydrogens is 619 g/mol. The third-order valence-electron chi connectivity index (χ3n) is 6.35. The van der Waals surface area contributed by atoms with Gasteiger partial charge in [0.05, 0.1) is 50.3 Å². The maximum absolute atomic E-state index is 13.2. The molecule has 45 heavy (non-hydrogen) atoms. The van der Waals surface area contributed by atoms with E-state index in [4.69, 9.17) is 14.2 Å². The first-order chi connectivity index (χ1) is 21.8. The second-order valence-electron chi connectivity index (χ2n) is 9.38. The van der Waals surface area contributed by atoms with Crippen LogP contribution >= 0.6 is 23.1 Å². The minimum Gasteiger partial charge on any atom is -0.495 e. The van der Waals surface area contributed by atoms with Crippen molar-refractivity contribution in [1.29, 1.82) is 0 Å². The van der Waals surface area contributed by atoms with Gasteiger partial charge in [0.2, 0.25) is 11.8 Å². The number of carbonyl (C=O) groups is 4. The third kappa shape index (κ3) is 8.28. The SMILES string of the molecule is CCOC(=O)c1sc(NC(=O)CSc2nnc(CNC(=O)Cc3ccccc3)n2-c2ccccc2OC)c(C(=O)OCC)c1C. The molecule has 2 aromatic carbocycles. The van der Waals surface area contributed by atoms with Crippen LogP contribution in [0.4, 0.5) is 5.00 Å². The Balaban J connectivity index is 1.54. The highest BCUT2D eigenvalue weighted by Gasteiger charge is 2.28. The highest BCUT2D eigenvalue weighted by molar-refractivity contribution is 7.99. The molecule has 0 aliphatic rings. The number of benzene rings is 2. The molecule has 0 aliphatic carbocycles. The van der Waals surface area contributed by atoms with Crippen LogP contribution in [0, 0.1) is 6.92 Å². The number of nitrogens with zero attached hydrogens (tertiary/aromatic N) is 3. The molecule has 0 radical (unpaired) electrons. The molecule has 12 nitrogen and oxygen atoms in total. The molecule has 2 amide bonds. The Labute approximate surface area is 268 Å². The van der Waals surface area contributed by atoms with E-state index in [-0.39, 0.29) is 53.3 Å². The van der Waals surface area contributed by atoms with Crippen LogP contribution in [-0.2, 0) is 32.0 Å². The van der Waals surface area contributed by atoms with Crippen molar-refractivity contribution >= 4 is 51.9 Å². The van der Waals surface area contributed by atoms with Crippen LogP contribution in [0.25, 0.3) is 5.69 Å². The number of methoxy groups -OCH3 is 1. The first-order valence-corrected chi connectivity index (χ1v) is 15.9. The van der Waals surface area contributed by atoms with Gasteiger partial charge in [-0.2, -0.15) is 0 Å². The summed E-state index contributed by atoms with van der Waals surface area (Å²) in [5.74, 6) is -1.01. The van der Waals surface area contributed by atoms with Crippen molar-refractivity contribution in [2.75, 3.05) is 31.4 Å². The predicted molar refractivity (Wildman–Crippen MR) is 170 cm³/mol. The summed E-state index contributed by atoms with van der Waals surface area (Å²) in [5, 5.41) is 14.8. The lowest BCUT2D eigenvalue weighted by Gasteiger charge is -2.14. The zero-order valence-electron chi connectivity index (χ0n) is 25.2. The van der Waals surface area contributed by atoms with Crippen molar-refractivity contribution in [3.05, 3.63) is 82.0 Å². The number of nitrogens with one attached hydrogen (secondary N) is 2. The number of aromatic nitrogens is 3. The van der Waals surface area contributed by atoms with Crippen molar-refractivity contribution < 1.29 is 33.4 Å². The summed E-state index contributed by atoms with van der Waals surface area (Å²) in [5.41, 5.74) is 1.98. The Morgan fingerprint density at radius 2 is 1.60 bits per heavy atom. The molecular formula is C31H33N5O7S2. The minimum atomic E-state index is -0.653. The van der Waals surface area contributed by atoms with E-state index in [1.54, 1.807) is 38.5 Å². The second-order valence-corrected chi connectivity index (χ2v) is 11.3.